The summed E-state index contributed by atoms with van der Waals surface area (Å²) in [6.07, 6.45) is -3.29. The number of allylic oxidation sites excluding steroid dienone is 1. The highest BCUT2D eigenvalue weighted by Gasteiger charge is 2.45. The predicted molar refractivity (Wildman–Crippen MR) is 116 cm³/mol. The van der Waals surface area contributed by atoms with Crippen LogP contribution in [-0.2, 0) is 11.2 Å². The summed E-state index contributed by atoms with van der Waals surface area (Å²) in [5.74, 6) is 0.0985. The van der Waals surface area contributed by atoms with E-state index in [0.717, 1.165) is 23.3 Å². The van der Waals surface area contributed by atoms with Gasteiger partial charge in [-0.25, -0.2) is 0 Å². The first-order valence-electron chi connectivity index (χ1n) is 10.5. The van der Waals surface area contributed by atoms with Gasteiger partial charge < -0.3 is 39.7 Å². The average molecular weight is 458 g/mol. The van der Waals surface area contributed by atoms with Gasteiger partial charge in [0.1, 0.15) is 47.8 Å². The number of hydrogen-bond donors (Lipinski definition) is 5. The molecule has 176 valence electrons. The van der Waals surface area contributed by atoms with Crippen LogP contribution in [-0.4, -0.2) is 76.1 Å². The second-order valence-corrected chi connectivity index (χ2v) is 8.02. The van der Waals surface area contributed by atoms with Crippen LogP contribution in [0.25, 0.3) is 6.08 Å². The second-order valence-electron chi connectivity index (χ2n) is 8.02. The number of ether oxygens (including phenoxy) is 3. The van der Waals surface area contributed by atoms with Gasteiger partial charge in [0, 0.05) is 18.1 Å². The van der Waals surface area contributed by atoms with E-state index in [2.05, 4.69) is 0 Å². The van der Waals surface area contributed by atoms with E-state index in [4.69, 9.17) is 14.2 Å². The Morgan fingerprint density at radius 1 is 1.15 bits per heavy atom. The predicted octanol–water partition coefficient (Wildman–Crippen LogP) is 0.747. The molecule has 2 aliphatic heterocycles. The van der Waals surface area contributed by atoms with Gasteiger partial charge in [-0.3, -0.25) is 4.79 Å². The molecule has 2 aliphatic rings. The van der Waals surface area contributed by atoms with Crippen LogP contribution in [0.5, 0.6) is 17.2 Å². The fourth-order valence-corrected chi connectivity index (χ4v) is 4.11. The number of aromatic hydroxyl groups is 1. The number of aliphatic hydroxyl groups excluding tert-OH is 4. The maximum Gasteiger partial charge on any atom is 0.189 e. The van der Waals surface area contributed by atoms with E-state index in [1.807, 2.05) is 18.2 Å². The van der Waals surface area contributed by atoms with Gasteiger partial charge in [0.05, 0.1) is 25.9 Å². The molecule has 5 atom stereocenters. The number of ketones is 1. The zero-order valence-electron chi connectivity index (χ0n) is 17.9. The van der Waals surface area contributed by atoms with Crippen molar-refractivity contribution in [1.29, 1.82) is 0 Å². The molecular weight excluding hydrogens is 432 g/mol. The number of carbonyl (C=O) groups is 1. The lowest BCUT2D eigenvalue weighted by atomic mass is 9.89. The van der Waals surface area contributed by atoms with Crippen molar-refractivity contribution in [1.82, 2.24) is 0 Å². The fraction of sp³-hybridized carbons (Fsp3) is 0.375. The highest BCUT2D eigenvalue weighted by Crippen LogP contribution is 2.40. The molecule has 9 nitrogen and oxygen atoms in total. The Bertz CT molecular complexity index is 1060. The number of phenolic OH excluding ortho intramolecular Hbond substituents is 1. The van der Waals surface area contributed by atoms with Gasteiger partial charge in [-0.1, -0.05) is 12.1 Å². The number of methoxy groups -OCH3 is 1. The van der Waals surface area contributed by atoms with E-state index in [1.165, 1.54) is 25.3 Å². The molecule has 0 radical (unpaired) electrons. The molecule has 0 bridgehead atoms. The van der Waals surface area contributed by atoms with Gasteiger partial charge in [0.2, 0.25) is 0 Å². The fourth-order valence-electron chi connectivity index (χ4n) is 4.11. The maximum absolute atomic E-state index is 12.9. The van der Waals surface area contributed by atoms with E-state index in [9.17, 15) is 30.3 Å². The molecule has 1 saturated heterocycles. The molecule has 2 heterocycles. The van der Waals surface area contributed by atoms with Crippen molar-refractivity contribution in [2.75, 3.05) is 20.3 Å². The largest absolute Gasteiger partial charge is 0.507 e. The molecule has 5 N–H and O–H groups in total. The third-order valence-electron chi connectivity index (χ3n) is 5.95. The van der Waals surface area contributed by atoms with E-state index < -0.39 is 42.9 Å². The SMILES string of the molecule is COc1cc(O)c(C(=O)/C=C/c2ccc3c(c2)CCO3)cc1C1OC(CO)C(O)C(O)C1O. The molecule has 1 fully saturated rings. The Morgan fingerprint density at radius 2 is 1.94 bits per heavy atom. The van der Waals surface area contributed by atoms with Crippen LogP contribution in [0, 0.1) is 0 Å². The van der Waals surface area contributed by atoms with E-state index in [1.54, 1.807) is 6.08 Å². The number of rotatable bonds is 6. The van der Waals surface area contributed by atoms with Crippen molar-refractivity contribution < 1.29 is 44.5 Å². The first kappa shape index (κ1) is 23.2. The van der Waals surface area contributed by atoms with E-state index >= 15 is 0 Å². The Labute approximate surface area is 190 Å². The third-order valence-corrected chi connectivity index (χ3v) is 5.95. The summed E-state index contributed by atoms with van der Waals surface area (Å²) in [5, 5.41) is 50.5. The molecule has 5 unspecified atom stereocenters. The summed E-state index contributed by atoms with van der Waals surface area (Å²) in [5.41, 5.74) is 1.97. The summed E-state index contributed by atoms with van der Waals surface area (Å²) in [6, 6.07) is 8.11. The zero-order valence-corrected chi connectivity index (χ0v) is 17.9. The molecule has 0 spiro atoms. The molecule has 4 rings (SSSR count). The van der Waals surface area contributed by atoms with Crippen molar-refractivity contribution >= 4 is 11.9 Å². The Morgan fingerprint density at radius 3 is 2.67 bits per heavy atom. The standard InChI is InChI=1S/C24H26O9/c1-31-19-10-17(27)14(9-15(19)24-23(30)22(29)21(28)20(11-25)33-24)16(26)4-2-12-3-5-18-13(8-12)6-7-32-18/h2-5,8-10,20-25,27-30H,6-7,11H2,1H3/b4-2+. The molecule has 2 aromatic rings. The van der Waals surface area contributed by atoms with Crippen LogP contribution >= 0.6 is 0 Å². The van der Waals surface area contributed by atoms with Crippen LogP contribution in [0.2, 0.25) is 0 Å². The quantitative estimate of drug-likeness (QED) is 0.313. The van der Waals surface area contributed by atoms with Crippen LogP contribution in [0.1, 0.15) is 33.2 Å². The number of phenols is 1. The van der Waals surface area contributed by atoms with Gasteiger partial charge in [0.25, 0.3) is 0 Å². The highest BCUT2D eigenvalue weighted by molar-refractivity contribution is 6.08. The molecule has 0 amide bonds. The highest BCUT2D eigenvalue weighted by atomic mass is 16.5. The van der Waals surface area contributed by atoms with Crippen LogP contribution in [0.15, 0.2) is 36.4 Å². The molecular formula is C24H26O9. The molecule has 2 aromatic carbocycles. The number of carbonyl (C=O) groups excluding carboxylic acids is 1. The average Bonchev–Trinajstić information content (AvgIpc) is 3.29. The van der Waals surface area contributed by atoms with Gasteiger partial charge in [-0.15, -0.1) is 0 Å². The summed E-state index contributed by atoms with van der Waals surface area (Å²) >= 11 is 0. The number of aliphatic hydroxyl groups is 4. The van der Waals surface area contributed by atoms with Crippen LogP contribution in [0.4, 0.5) is 0 Å². The lowest BCUT2D eigenvalue weighted by Crippen LogP contribution is -2.55. The third kappa shape index (κ3) is 4.46. The molecule has 33 heavy (non-hydrogen) atoms. The van der Waals surface area contributed by atoms with Crippen LogP contribution < -0.4 is 9.47 Å². The lowest BCUT2D eigenvalue weighted by Gasteiger charge is -2.40. The minimum atomic E-state index is -1.60. The first-order chi connectivity index (χ1) is 15.8. The first-order valence-corrected chi connectivity index (χ1v) is 10.5. The van der Waals surface area contributed by atoms with Gasteiger partial charge in [-0.2, -0.15) is 0 Å². The van der Waals surface area contributed by atoms with E-state index in [-0.39, 0.29) is 22.6 Å². The zero-order chi connectivity index (χ0) is 23.7. The Balaban J connectivity index is 1.64. The van der Waals surface area contributed by atoms with Gasteiger partial charge in [0.15, 0.2) is 5.78 Å². The normalized spacial score (nSPS) is 26.8. The number of benzene rings is 2. The van der Waals surface area contributed by atoms with Crippen molar-refractivity contribution in [3.8, 4) is 17.2 Å². The number of fused-ring (bicyclic) bond motifs is 1. The Kier molecular flexibility index (Phi) is 6.68. The topological polar surface area (TPSA) is 146 Å². The van der Waals surface area contributed by atoms with Crippen molar-refractivity contribution in [2.45, 2.75) is 36.9 Å². The smallest absolute Gasteiger partial charge is 0.189 e. The van der Waals surface area contributed by atoms with E-state index in [0.29, 0.717) is 6.61 Å². The van der Waals surface area contributed by atoms with Crippen LogP contribution in [0.3, 0.4) is 0 Å². The molecule has 9 heteroatoms. The second kappa shape index (κ2) is 9.50. The molecule has 0 aliphatic carbocycles. The van der Waals surface area contributed by atoms with Gasteiger partial charge in [-0.05, 0) is 35.4 Å². The maximum atomic E-state index is 12.9. The monoisotopic (exact) mass is 458 g/mol. The Hall–Kier alpha value is -2.95. The molecule has 0 aromatic heterocycles. The van der Waals surface area contributed by atoms with Crippen molar-refractivity contribution in [3.63, 3.8) is 0 Å². The lowest BCUT2D eigenvalue weighted by molar-refractivity contribution is -0.232. The minimum Gasteiger partial charge on any atom is -0.507 e. The summed E-state index contributed by atoms with van der Waals surface area (Å²) in [4.78, 5) is 12.9. The minimum absolute atomic E-state index is 0.0662. The van der Waals surface area contributed by atoms with Gasteiger partial charge >= 0.3 is 0 Å². The summed E-state index contributed by atoms with van der Waals surface area (Å²) in [7, 11) is 1.33. The summed E-state index contributed by atoms with van der Waals surface area (Å²) in [6.45, 7) is 0.0318. The summed E-state index contributed by atoms with van der Waals surface area (Å²) < 4.78 is 16.3. The molecule has 0 saturated carbocycles. The van der Waals surface area contributed by atoms with Crippen molar-refractivity contribution in [2.24, 2.45) is 0 Å². The number of hydrogen-bond acceptors (Lipinski definition) is 9. The van der Waals surface area contributed by atoms with Crippen molar-refractivity contribution in [3.05, 3.63) is 58.7 Å².